The van der Waals surface area contributed by atoms with Gasteiger partial charge in [0.05, 0.1) is 6.61 Å². The number of ether oxygens (including phenoxy) is 1. The van der Waals surface area contributed by atoms with Crippen molar-refractivity contribution in [2.24, 2.45) is 0 Å². The highest BCUT2D eigenvalue weighted by Crippen LogP contribution is 2.15. The van der Waals surface area contributed by atoms with Crippen molar-refractivity contribution >= 4 is 5.82 Å². The van der Waals surface area contributed by atoms with Gasteiger partial charge in [-0.15, -0.1) is 0 Å². The molecule has 1 rings (SSSR count). The lowest BCUT2D eigenvalue weighted by Crippen LogP contribution is -2.10. The Hall–Kier alpha value is -1.25. The fourth-order valence-electron chi connectivity index (χ4n) is 1.10. The van der Waals surface area contributed by atoms with Crippen molar-refractivity contribution in [2.45, 2.75) is 33.2 Å². The van der Waals surface area contributed by atoms with Crippen molar-refractivity contribution in [2.75, 3.05) is 11.9 Å². The van der Waals surface area contributed by atoms with Crippen LogP contribution in [0, 0.1) is 0 Å². The molecule has 0 spiro atoms. The first-order valence-electron chi connectivity index (χ1n) is 5.07. The topological polar surface area (TPSA) is 34.1 Å². The number of nitrogens with one attached hydrogen (secondary N) is 1. The Labute approximate surface area is 85.5 Å². The molecule has 78 valence electrons. The summed E-state index contributed by atoms with van der Waals surface area (Å²) >= 11 is 0. The maximum atomic E-state index is 5.50. The summed E-state index contributed by atoms with van der Waals surface area (Å²) in [6.07, 6.45) is 2.78. The number of rotatable bonds is 5. The van der Waals surface area contributed by atoms with E-state index >= 15 is 0 Å². The highest BCUT2D eigenvalue weighted by molar-refractivity contribution is 5.41. The van der Waals surface area contributed by atoms with Crippen LogP contribution in [0.1, 0.15) is 27.2 Å². The average Bonchev–Trinajstić information content (AvgIpc) is 2.14. The molecule has 0 aliphatic rings. The molecule has 0 aromatic carbocycles. The molecular formula is C11H18N2O. The van der Waals surface area contributed by atoms with E-state index in [4.69, 9.17) is 4.74 Å². The molecule has 14 heavy (non-hydrogen) atoms. The predicted molar refractivity (Wildman–Crippen MR) is 58.8 cm³/mol. The first-order chi connectivity index (χ1) is 6.72. The van der Waals surface area contributed by atoms with Gasteiger partial charge in [0.2, 0.25) is 0 Å². The Morgan fingerprint density at radius 1 is 1.50 bits per heavy atom. The molecule has 1 N–H and O–H groups in total. The van der Waals surface area contributed by atoms with E-state index in [1.807, 2.05) is 12.1 Å². The van der Waals surface area contributed by atoms with E-state index in [0.29, 0.717) is 6.04 Å². The maximum Gasteiger partial charge on any atom is 0.129 e. The summed E-state index contributed by atoms with van der Waals surface area (Å²) in [6, 6.07) is 4.19. The van der Waals surface area contributed by atoms with Crippen molar-refractivity contribution in [3.05, 3.63) is 18.3 Å². The number of anilines is 1. The van der Waals surface area contributed by atoms with Crippen LogP contribution in [-0.4, -0.2) is 17.6 Å². The zero-order chi connectivity index (χ0) is 10.4. The standard InChI is InChI=1S/C11H18N2O/c1-4-7-14-10-5-6-12-11(8-10)13-9(2)3/h5-6,8-9H,4,7H2,1-3H3,(H,12,13). The van der Waals surface area contributed by atoms with Crippen LogP contribution in [-0.2, 0) is 0 Å². The molecule has 0 bridgehead atoms. The van der Waals surface area contributed by atoms with Crippen LogP contribution >= 0.6 is 0 Å². The molecule has 3 heteroatoms. The summed E-state index contributed by atoms with van der Waals surface area (Å²) < 4.78 is 5.50. The second-order valence-corrected chi connectivity index (χ2v) is 3.52. The van der Waals surface area contributed by atoms with Crippen LogP contribution < -0.4 is 10.1 Å². The van der Waals surface area contributed by atoms with Gasteiger partial charge in [-0.1, -0.05) is 6.92 Å². The molecule has 0 fully saturated rings. The molecule has 0 aliphatic carbocycles. The summed E-state index contributed by atoms with van der Waals surface area (Å²) in [5.41, 5.74) is 0. The smallest absolute Gasteiger partial charge is 0.129 e. The van der Waals surface area contributed by atoms with Gasteiger partial charge in [0.15, 0.2) is 0 Å². The fraction of sp³-hybridized carbons (Fsp3) is 0.545. The van der Waals surface area contributed by atoms with Gasteiger partial charge in [-0.05, 0) is 26.3 Å². The molecule has 0 radical (unpaired) electrons. The molecule has 0 saturated carbocycles. The molecule has 1 aromatic rings. The lowest BCUT2D eigenvalue weighted by Gasteiger charge is -2.10. The Bertz CT molecular complexity index is 274. The molecule has 0 atom stereocenters. The van der Waals surface area contributed by atoms with Crippen LogP contribution in [0.5, 0.6) is 5.75 Å². The quantitative estimate of drug-likeness (QED) is 0.782. The highest BCUT2D eigenvalue weighted by Gasteiger charge is 1.98. The van der Waals surface area contributed by atoms with Gasteiger partial charge in [-0.2, -0.15) is 0 Å². The molecular weight excluding hydrogens is 176 g/mol. The van der Waals surface area contributed by atoms with Crippen molar-refractivity contribution in [3.8, 4) is 5.75 Å². The lowest BCUT2D eigenvalue weighted by molar-refractivity contribution is 0.317. The van der Waals surface area contributed by atoms with Gasteiger partial charge in [0, 0.05) is 18.3 Å². The third-order valence-electron chi connectivity index (χ3n) is 1.64. The Morgan fingerprint density at radius 2 is 2.29 bits per heavy atom. The van der Waals surface area contributed by atoms with Gasteiger partial charge in [0.25, 0.3) is 0 Å². The molecule has 1 heterocycles. The van der Waals surface area contributed by atoms with Crippen molar-refractivity contribution in [3.63, 3.8) is 0 Å². The second-order valence-electron chi connectivity index (χ2n) is 3.52. The summed E-state index contributed by atoms with van der Waals surface area (Å²) in [7, 11) is 0. The van der Waals surface area contributed by atoms with E-state index < -0.39 is 0 Å². The van der Waals surface area contributed by atoms with E-state index in [0.717, 1.165) is 24.6 Å². The minimum atomic E-state index is 0.393. The monoisotopic (exact) mass is 194 g/mol. The van der Waals surface area contributed by atoms with Crippen LogP contribution in [0.2, 0.25) is 0 Å². The fourth-order valence-corrected chi connectivity index (χ4v) is 1.10. The maximum absolute atomic E-state index is 5.50. The Morgan fingerprint density at radius 3 is 2.93 bits per heavy atom. The summed E-state index contributed by atoms with van der Waals surface area (Å²) in [4.78, 5) is 4.20. The number of nitrogens with zero attached hydrogens (tertiary/aromatic N) is 1. The van der Waals surface area contributed by atoms with Gasteiger partial charge in [-0.3, -0.25) is 0 Å². The summed E-state index contributed by atoms with van der Waals surface area (Å²) in [6.45, 7) is 7.02. The van der Waals surface area contributed by atoms with E-state index in [1.54, 1.807) is 6.20 Å². The van der Waals surface area contributed by atoms with E-state index in [2.05, 4.69) is 31.1 Å². The second kappa shape index (κ2) is 5.47. The van der Waals surface area contributed by atoms with Gasteiger partial charge < -0.3 is 10.1 Å². The van der Waals surface area contributed by atoms with Crippen LogP contribution in [0.25, 0.3) is 0 Å². The van der Waals surface area contributed by atoms with Gasteiger partial charge in [-0.25, -0.2) is 4.98 Å². The largest absolute Gasteiger partial charge is 0.493 e. The molecule has 0 aliphatic heterocycles. The first kappa shape index (κ1) is 10.8. The minimum absolute atomic E-state index is 0.393. The van der Waals surface area contributed by atoms with Gasteiger partial charge in [0.1, 0.15) is 11.6 Å². The van der Waals surface area contributed by atoms with Crippen molar-refractivity contribution in [1.29, 1.82) is 0 Å². The normalized spacial score (nSPS) is 10.3. The van der Waals surface area contributed by atoms with Crippen LogP contribution in [0.4, 0.5) is 5.82 Å². The minimum Gasteiger partial charge on any atom is -0.493 e. The average molecular weight is 194 g/mol. The summed E-state index contributed by atoms with van der Waals surface area (Å²) in [5.74, 6) is 1.75. The number of hydrogen-bond donors (Lipinski definition) is 1. The van der Waals surface area contributed by atoms with Crippen molar-refractivity contribution in [1.82, 2.24) is 4.98 Å². The van der Waals surface area contributed by atoms with E-state index in [-0.39, 0.29) is 0 Å². The zero-order valence-corrected chi connectivity index (χ0v) is 9.08. The van der Waals surface area contributed by atoms with Crippen LogP contribution in [0.15, 0.2) is 18.3 Å². The number of aromatic nitrogens is 1. The molecule has 0 unspecified atom stereocenters. The number of pyridine rings is 1. The third kappa shape index (κ3) is 3.64. The first-order valence-corrected chi connectivity index (χ1v) is 5.07. The summed E-state index contributed by atoms with van der Waals surface area (Å²) in [5, 5.41) is 3.23. The zero-order valence-electron chi connectivity index (χ0n) is 9.08. The Balaban J connectivity index is 2.59. The van der Waals surface area contributed by atoms with Gasteiger partial charge >= 0.3 is 0 Å². The molecule has 3 nitrogen and oxygen atoms in total. The molecule has 1 aromatic heterocycles. The molecule has 0 saturated heterocycles. The number of hydrogen-bond acceptors (Lipinski definition) is 3. The third-order valence-corrected chi connectivity index (χ3v) is 1.64. The van der Waals surface area contributed by atoms with Crippen LogP contribution in [0.3, 0.4) is 0 Å². The van der Waals surface area contributed by atoms with E-state index in [9.17, 15) is 0 Å². The SMILES string of the molecule is CCCOc1ccnc(NC(C)C)c1. The lowest BCUT2D eigenvalue weighted by atomic mass is 10.3. The predicted octanol–water partition coefficient (Wildman–Crippen LogP) is 2.69. The highest BCUT2D eigenvalue weighted by atomic mass is 16.5. The molecule has 0 amide bonds. The Kier molecular flexibility index (Phi) is 4.23. The van der Waals surface area contributed by atoms with Crippen molar-refractivity contribution < 1.29 is 4.74 Å². The van der Waals surface area contributed by atoms with E-state index in [1.165, 1.54) is 0 Å².